The van der Waals surface area contributed by atoms with Gasteiger partial charge in [-0.15, -0.1) is 0 Å². The van der Waals surface area contributed by atoms with Gasteiger partial charge in [0.1, 0.15) is 5.82 Å². The lowest BCUT2D eigenvalue weighted by atomic mass is 9.89. The molecule has 3 nitrogen and oxygen atoms in total. The van der Waals surface area contributed by atoms with Crippen LogP contribution in [0.3, 0.4) is 0 Å². The third-order valence-electron chi connectivity index (χ3n) is 3.50. The zero-order valence-corrected chi connectivity index (χ0v) is 11.4. The maximum absolute atomic E-state index is 5.94. The van der Waals surface area contributed by atoms with E-state index in [0.717, 1.165) is 5.69 Å². The van der Waals surface area contributed by atoms with Crippen LogP contribution in [-0.4, -0.2) is 9.78 Å². The van der Waals surface area contributed by atoms with Crippen molar-refractivity contribution in [3.63, 3.8) is 0 Å². The zero-order valence-electron chi connectivity index (χ0n) is 11.4. The van der Waals surface area contributed by atoms with Gasteiger partial charge in [0.15, 0.2) is 0 Å². The Kier molecular flexibility index (Phi) is 3.25. The lowest BCUT2D eigenvalue weighted by molar-refractivity contribution is 0.742. The highest BCUT2D eigenvalue weighted by atomic mass is 15.3. The van der Waals surface area contributed by atoms with Crippen LogP contribution in [0.15, 0.2) is 66.7 Å². The summed E-state index contributed by atoms with van der Waals surface area (Å²) in [7, 11) is 1.87. The molecule has 20 heavy (non-hydrogen) atoms. The van der Waals surface area contributed by atoms with Crippen LogP contribution >= 0.6 is 0 Å². The van der Waals surface area contributed by atoms with Gasteiger partial charge < -0.3 is 5.73 Å². The fourth-order valence-electron chi connectivity index (χ4n) is 2.47. The number of aromatic nitrogens is 2. The predicted octanol–water partition coefficient (Wildman–Crippen LogP) is 3.18. The number of nitrogen functional groups attached to an aromatic ring is 1. The number of nitrogens with zero attached hydrogens (tertiary/aromatic N) is 2. The number of rotatable bonds is 3. The molecule has 3 aromatic rings. The van der Waals surface area contributed by atoms with Crippen molar-refractivity contribution in [3.8, 4) is 0 Å². The fraction of sp³-hybridized carbons (Fsp3) is 0.118. The van der Waals surface area contributed by atoms with E-state index in [4.69, 9.17) is 5.73 Å². The SMILES string of the molecule is Cn1nc(C(c2ccccc2)c2ccccc2)cc1N. The first-order valence-corrected chi connectivity index (χ1v) is 6.65. The molecule has 0 atom stereocenters. The first kappa shape index (κ1) is 12.5. The standard InChI is InChI=1S/C17H17N3/c1-20-16(18)12-15(19-20)17(13-8-4-2-5-9-13)14-10-6-3-7-11-14/h2-12,17H,18H2,1H3. The van der Waals surface area contributed by atoms with Crippen molar-refractivity contribution in [2.24, 2.45) is 7.05 Å². The number of hydrogen-bond acceptors (Lipinski definition) is 2. The summed E-state index contributed by atoms with van der Waals surface area (Å²) >= 11 is 0. The second-order valence-corrected chi connectivity index (χ2v) is 4.87. The van der Waals surface area contributed by atoms with E-state index >= 15 is 0 Å². The molecule has 0 aliphatic rings. The van der Waals surface area contributed by atoms with E-state index in [-0.39, 0.29) is 5.92 Å². The molecule has 0 saturated carbocycles. The molecule has 2 N–H and O–H groups in total. The highest BCUT2D eigenvalue weighted by molar-refractivity contribution is 5.44. The second-order valence-electron chi connectivity index (χ2n) is 4.87. The van der Waals surface area contributed by atoms with Crippen LogP contribution in [0.4, 0.5) is 5.82 Å². The Balaban J connectivity index is 2.14. The van der Waals surface area contributed by atoms with E-state index in [2.05, 4.69) is 53.6 Å². The molecule has 0 radical (unpaired) electrons. The zero-order chi connectivity index (χ0) is 13.9. The van der Waals surface area contributed by atoms with Crippen molar-refractivity contribution in [2.75, 3.05) is 5.73 Å². The highest BCUT2D eigenvalue weighted by Crippen LogP contribution is 2.31. The minimum Gasteiger partial charge on any atom is -0.384 e. The van der Waals surface area contributed by atoms with Gasteiger partial charge >= 0.3 is 0 Å². The molecule has 0 aliphatic carbocycles. The van der Waals surface area contributed by atoms with Crippen LogP contribution in [-0.2, 0) is 7.05 Å². The van der Waals surface area contributed by atoms with E-state index in [1.54, 1.807) is 4.68 Å². The van der Waals surface area contributed by atoms with Gasteiger partial charge in [-0.2, -0.15) is 5.10 Å². The Morgan fingerprint density at radius 3 is 1.80 bits per heavy atom. The van der Waals surface area contributed by atoms with Crippen molar-refractivity contribution in [2.45, 2.75) is 5.92 Å². The third-order valence-corrected chi connectivity index (χ3v) is 3.50. The van der Waals surface area contributed by atoms with E-state index in [9.17, 15) is 0 Å². The molecule has 3 heteroatoms. The average molecular weight is 263 g/mol. The van der Waals surface area contributed by atoms with Gasteiger partial charge in [0.2, 0.25) is 0 Å². The van der Waals surface area contributed by atoms with E-state index in [0.29, 0.717) is 5.82 Å². The fourth-order valence-corrected chi connectivity index (χ4v) is 2.47. The number of benzene rings is 2. The van der Waals surface area contributed by atoms with Crippen LogP contribution in [0.2, 0.25) is 0 Å². The quantitative estimate of drug-likeness (QED) is 0.788. The van der Waals surface area contributed by atoms with E-state index in [1.165, 1.54) is 11.1 Å². The first-order chi connectivity index (χ1) is 9.75. The summed E-state index contributed by atoms with van der Waals surface area (Å²) in [5.41, 5.74) is 9.35. The molecule has 0 bridgehead atoms. The molecular formula is C17H17N3. The molecule has 0 amide bonds. The minimum absolute atomic E-state index is 0.112. The molecule has 1 aromatic heterocycles. The van der Waals surface area contributed by atoms with Crippen LogP contribution < -0.4 is 5.73 Å². The van der Waals surface area contributed by atoms with Crippen LogP contribution in [0.1, 0.15) is 22.7 Å². The number of hydrogen-bond donors (Lipinski definition) is 1. The van der Waals surface area contributed by atoms with Gasteiger partial charge in [0.25, 0.3) is 0 Å². The topological polar surface area (TPSA) is 43.8 Å². The van der Waals surface area contributed by atoms with Crippen LogP contribution in [0.25, 0.3) is 0 Å². The minimum atomic E-state index is 0.112. The normalized spacial score (nSPS) is 10.9. The maximum Gasteiger partial charge on any atom is 0.121 e. The Morgan fingerprint density at radius 1 is 0.900 bits per heavy atom. The average Bonchev–Trinajstić information content (AvgIpc) is 2.81. The summed E-state index contributed by atoms with van der Waals surface area (Å²) in [6, 6.07) is 22.7. The summed E-state index contributed by atoms with van der Waals surface area (Å²) < 4.78 is 1.72. The highest BCUT2D eigenvalue weighted by Gasteiger charge is 2.19. The van der Waals surface area contributed by atoms with Gasteiger partial charge in [-0.1, -0.05) is 60.7 Å². The number of anilines is 1. The van der Waals surface area contributed by atoms with E-state index < -0.39 is 0 Å². The molecule has 0 spiro atoms. The summed E-state index contributed by atoms with van der Waals surface area (Å²) in [4.78, 5) is 0. The first-order valence-electron chi connectivity index (χ1n) is 6.65. The molecular weight excluding hydrogens is 246 g/mol. The van der Waals surface area contributed by atoms with Crippen LogP contribution in [0.5, 0.6) is 0 Å². The number of aryl methyl sites for hydroxylation is 1. The Labute approximate surface area is 118 Å². The summed E-state index contributed by atoms with van der Waals surface area (Å²) in [5.74, 6) is 0.790. The molecule has 0 saturated heterocycles. The van der Waals surface area contributed by atoms with Crippen molar-refractivity contribution in [1.29, 1.82) is 0 Å². The molecule has 0 aliphatic heterocycles. The lowest BCUT2D eigenvalue weighted by Gasteiger charge is -2.15. The van der Waals surface area contributed by atoms with Crippen molar-refractivity contribution in [1.82, 2.24) is 9.78 Å². The molecule has 3 rings (SSSR count). The predicted molar refractivity (Wildman–Crippen MR) is 81.4 cm³/mol. The largest absolute Gasteiger partial charge is 0.384 e. The molecule has 2 aromatic carbocycles. The smallest absolute Gasteiger partial charge is 0.121 e. The van der Waals surface area contributed by atoms with Gasteiger partial charge in [-0.3, -0.25) is 4.68 Å². The third kappa shape index (κ3) is 2.30. The van der Waals surface area contributed by atoms with Crippen LogP contribution in [0, 0.1) is 0 Å². The maximum atomic E-state index is 5.94. The Morgan fingerprint density at radius 2 is 1.40 bits per heavy atom. The van der Waals surface area contributed by atoms with Crippen molar-refractivity contribution in [3.05, 3.63) is 83.6 Å². The molecule has 1 heterocycles. The van der Waals surface area contributed by atoms with Gasteiger partial charge in [-0.25, -0.2) is 0 Å². The van der Waals surface area contributed by atoms with Gasteiger partial charge in [-0.05, 0) is 11.1 Å². The van der Waals surface area contributed by atoms with Crippen molar-refractivity contribution >= 4 is 5.82 Å². The van der Waals surface area contributed by atoms with Gasteiger partial charge in [0, 0.05) is 13.1 Å². The Hall–Kier alpha value is -2.55. The monoisotopic (exact) mass is 263 g/mol. The second kappa shape index (κ2) is 5.21. The molecule has 100 valence electrons. The molecule has 0 unspecified atom stereocenters. The van der Waals surface area contributed by atoms with Crippen molar-refractivity contribution < 1.29 is 0 Å². The molecule has 0 fully saturated rings. The van der Waals surface area contributed by atoms with E-state index in [1.807, 2.05) is 25.2 Å². The summed E-state index contributed by atoms with van der Waals surface area (Å²) in [6.07, 6.45) is 0. The number of nitrogens with two attached hydrogens (primary N) is 1. The summed E-state index contributed by atoms with van der Waals surface area (Å²) in [5, 5.41) is 4.55. The van der Waals surface area contributed by atoms with Gasteiger partial charge in [0.05, 0.1) is 11.6 Å². The Bertz CT molecular complexity index is 628. The summed E-state index contributed by atoms with van der Waals surface area (Å²) in [6.45, 7) is 0. The lowest BCUT2D eigenvalue weighted by Crippen LogP contribution is -2.05.